The van der Waals surface area contributed by atoms with Crippen molar-refractivity contribution in [3.63, 3.8) is 0 Å². The minimum atomic E-state index is -0.119. The molecule has 0 spiro atoms. The summed E-state index contributed by atoms with van der Waals surface area (Å²) in [5.74, 6) is 0.305. The predicted molar refractivity (Wildman–Crippen MR) is 108 cm³/mol. The topological polar surface area (TPSA) is 45.5 Å². The molecule has 0 unspecified atom stereocenters. The molecule has 1 aromatic heterocycles. The molecule has 3 rings (SSSR count). The summed E-state index contributed by atoms with van der Waals surface area (Å²) >= 11 is 3.47. The molecule has 25 heavy (non-hydrogen) atoms. The van der Waals surface area contributed by atoms with E-state index in [-0.39, 0.29) is 23.9 Å². The number of fused-ring (bicyclic) bond motifs is 1. The number of halogens is 2. The van der Waals surface area contributed by atoms with Gasteiger partial charge in [-0.3, -0.25) is 4.79 Å². The number of hydrogen-bond acceptors (Lipinski definition) is 3. The van der Waals surface area contributed by atoms with Crippen LogP contribution in [0.2, 0.25) is 0 Å². The van der Waals surface area contributed by atoms with Crippen molar-refractivity contribution in [1.29, 1.82) is 0 Å². The van der Waals surface area contributed by atoms with Crippen LogP contribution in [0.25, 0.3) is 11.0 Å². The number of furan rings is 1. The summed E-state index contributed by atoms with van der Waals surface area (Å²) in [4.78, 5) is 15.0. The number of carbonyl (C=O) groups excluding carboxylic acids is 1. The summed E-state index contributed by atoms with van der Waals surface area (Å²) in [5.41, 5.74) is 1.71. The zero-order chi connectivity index (χ0) is 17.3. The Morgan fingerprint density at radius 3 is 2.60 bits per heavy atom. The van der Waals surface area contributed by atoms with E-state index in [4.69, 9.17) is 4.42 Å². The fourth-order valence-electron chi connectivity index (χ4n) is 3.73. The fraction of sp³-hybridized carbons (Fsp3) is 0.526. The maximum Gasteiger partial charge on any atom is 0.287 e. The Kier molecular flexibility index (Phi) is 6.57. The number of amides is 1. The van der Waals surface area contributed by atoms with Crippen molar-refractivity contribution < 1.29 is 9.21 Å². The van der Waals surface area contributed by atoms with Gasteiger partial charge in [0.15, 0.2) is 5.76 Å². The molecule has 4 nitrogen and oxygen atoms in total. The van der Waals surface area contributed by atoms with Gasteiger partial charge in [0.2, 0.25) is 0 Å². The van der Waals surface area contributed by atoms with Gasteiger partial charge in [-0.2, -0.15) is 0 Å². The van der Waals surface area contributed by atoms with E-state index in [1.165, 1.54) is 19.3 Å². The van der Waals surface area contributed by atoms with Crippen LogP contribution in [-0.2, 0) is 0 Å². The molecule has 0 atom stereocenters. The summed E-state index contributed by atoms with van der Waals surface area (Å²) in [6.45, 7) is 2.61. The lowest BCUT2D eigenvalue weighted by Gasteiger charge is -2.43. The number of carbonyl (C=O) groups is 1. The van der Waals surface area contributed by atoms with Gasteiger partial charge in [0.25, 0.3) is 5.91 Å². The first kappa shape index (κ1) is 20.3. The summed E-state index contributed by atoms with van der Waals surface area (Å²) in [5, 5.41) is 4.10. The quantitative estimate of drug-likeness (QED) is 0.750. The van der Waals surface area contributed by atoms with Crippen LogP contribution in [0.5, 0.6) is 0 Å². The number of rotatable bonds is 4. The Labute approximate surface area is 163 Å². The van der Waals surface area contributed by atoms with Crippen molar-refractivity contribution in [1.82, 2.24) is 10.2 Å². The number of benzene rings is 1. The molecular weight excluding hydrogens is 404 g/mol. The van der Waals surface area contributed by atoms with Crippen LogP contribution in [-0.4, -0.2) is 37.0 Å². The van der Waals surface area contributed by atoms with Crippen LogP contribution in [0.1, 0.15) is 48.2 Å². The first-order valence-electron chi connectivity index (χ1n) is 8.57. The number of aryl methyl sites for hydroxylation is 1. The van der Waals surface area contributed by atoms with Crippen LogP contribution in [0.3, 0.4) is 0 Å². The van der Waals surface area contributed by atoms with Crippen molar-refractivity contribution in [3.8, 4) is 0 Å². The van der Waals surface area contributed by atoms with Gasteiger partial charge in [0, 0.05) is 27.5 Å². The molecule has 0 radical (unpaired) electrons. The van der Waals surface area contributed by atoms with Gasteiger partial charge in [-0.15, -0.1) is 12.4 Å². The molecular formula is C19H26BrClN2O2. The Hall–Kier alpha value is -1.04. The van der Waals surface area contributed by atoms with Crippen molar-refractivity contribution in [2.75, 3.05) is 20.6 Å². The molecule has 1 aliphatic carbocycles. The lowest BCUT2D eigenvalue weighted by molar-refractivity contribution is 0.0780. The first-order valence-corrected chi connectivity index (χ1v) is 9.36. The summed E-state index contributed by atoms with van der Waals surface area (Å²) in [6.07, 6.45) is 6.01. The average molecular weight is 430 g/mol. The number of nitrogens with one attached hydrogen (secondary N) is 1. The molecule has 1 amide bonds. The molecule has 1 aromatic carbocycles. The van der Waals surface area contributed by atoms with Gasteiger partial charge in [-0.05, 0) is 52.1 Å². The molecule has 1 fully saturated rings. The predicted octanol–water partition coefficient (Wildman–Crippen LogP) is 4.92. The number of likely N-dealkylation sites (N-methyl/N-ethyl adjacent to an activating group) is 1. The van der Waals surface area contributed by atoms with Gasteiger partial charge in [-0.25, -0.2) is 0 Å². The Bertz CT molecular complexity index is 751. The largest absolute Gasteiger partial charge is 0.451 e. The van der Waals surface area contributed by atoms with E-state index in [9.17, 15) is 4.79 Å². The average Bonchev–Trinajstić information content (AvgIpc) is 2.90. The zero-order valence-corrected chi connectivity index (χ0v) is 17.4. The molecule has 2 aromatic rings. The number of nitrogens with zero attached hydrogens (tertiary/aromatic N) is 1. The van der Waals surface area contributed by atoms with E-state index in [0.29, 0.717) is 12.3 Å². The fourth-order valence-corrected chi connectivity index (χ4v) is 4.09. The SMILES string of the molecule is Cc1c(C(=O)NCC2(N(C)C)CCCCC2)oc2ccc(Br)cc12.Cl. The van der Waals surface area contributed by atoms with E-state index in [0.717, 1.165) is 33.8 Å². The van der Waals surface area contributed by atoms with Crippen LogP contribution in [0.4, 0.5) is 0 Å². The second-order valence-electron chi connectivity index (χ2n) is 7.06. The maximum atomic E-state index is 12.7. The second kappa shape index (κ2) is 8.11. The second-order valence-corrected chi connectivity index (χ2v) is 7.97. The monoisotopic (exact) mass is 428 g/mol. The van der Waals surface area contributed by atoms with Gasteiger partial charge in [-0.1, -0.05) is 35.2 Å². The van der Waals surface area contributed by atoms with E-state index in [1.54, 1.807) is 0 Å². The van der Waals surface area contributed by atoms with E-state index >= 15 is 0 Å². The minimum Gasteiger partial charge on any atom is -0.451 e. The summed E-state index contributed by atoms with van der Waals surface area (Å²) < 4.78 is 6.79. The van der Waals surface area contributed by atoms with Crippen LogP contribution in [0.15, 0.2) is 27.1 Å². The smallest absolute Gasteiger partial charge is 0.287 e. The molecule has 6 heteroatoms. The highest BCUT2D eigenvalue weighted by atomic mass is 79.9. The standard InChI is InChI=1S/C19H25BrN2O2.ClH/c1-13-15-11-14(20)7-8-16(15)24-17(13)18(23)21-12-19(22(2)3)9-5-4-6-10-19;/h7-8,11H,4-6,9-10,12H2,1-3H3,(H,21,23);1H. The Morgan fingerprint density at radius 2 is 1.96 bits per heavy atom. The molecule has 0 saturated heterocycles. The molecule has 0 bridgehead atoms. The van der Waals surface area contributed by atoms with Crippen molar-refractivity contribution >= 4 is 45.2 Å². The van der Waals surface area contributed by atoms with Crippen molar-refractivity contribution in [3.05, 3.63) is 34.0 Å². The van der Waals surface area contributed by atoms with Crippen LogP contribution in [0, 0.1) is 6.92 Å². The van der Waals surface area contributed by atoms with Gasteiger partial charge in [0.1, 0.15) is 5.58 Å². The van der Waals surface area contributed by atoms with Gasteiger partial charge < -0.3 is 14.6 Å². The zero-order valence-electron chi connectivity index (χ0n) is 15.0. The highest BCUT2D eigenvalue weighted by Crippen LogP contribution is 2.32. The molecule has 1 aliphatic rings. The van der Waals surface area contributed by atoms with Gasteiger partial charge >= 0.3 is 0 Å². The Balaban J connectivity index is 0.00000225. The highest BCUT2D eigenvalue weighted by molar-refractivity contribution is 9.10. The normalized spacial score (nSPS) is 16.7. The first-order chi connectivity index (χ1) is 11.4. The van der Waals surface area contributed by atoms with E-state index in [2.05, 4.69) is 40.2 Å². The van der Waals surface area contributed by atoms with Crippen molar-refractivity contribution in [2.24, 2.45) is 0 Å². The third-order valence-electron chi connectivity index (χ3n) is 5.42. The molecule has 138 valence electrons. The Morgan fingerprint density at radius 1 is 1.28 bits per heavy atom. The molecule has 1 N–H and O–H groups in total. The third kappa shape index (κ3) is 4.04. The summed E-state index contributed by atoms with van der Waals surface area (Å²) in [7, 11) is 4.23. The van der Waals surface area contributed by atoms with E-state index < -0.39 is 0 Å². The molecule has 1 heterocycles. The van der Waals surface area contributed by atoms with Gasteiger partial charge in [0.05, 0.1) is 0 Å². The third-order valence-corrected chi connectivity index (χ3v) is 5.91. The molecule has 0 aliphatic heterocycles. The lowest BCUT2D eigenvalue weighted by Crippen LogP contribution is -2.53. The van der Waals surface area contributed by atoms with Crippen LogP contribution < -0.4 is 5.32 Å². The van der Waals surface area contributed by atoms with Crippen LogP contribution >= 0.6 is 28.3 Å². The molecule has 1 saturated carbocycles. The summed E-state index contributed by atoms with van der Waals surface area (Å²) in [6, 6.07) is 5.81. The minimum absolute atomic E-state index is 0. The van der Waals surface area contributed by atoms with E-state index in [1.807, 2.05) is 25.1 Å². The lowest BCUT2D eigenvalue weighted by atomic mass is 9.80. The maximum absolute atomic E-state index is 12.7. The van der Waals surface area contributed by atoms with Crippen molar-refractivity contribution in [2.45, 2.75) is 44.6 Å². The number of hydrogen-bond donors (Lipinski definition) is 1. The highest BCUT2D eigenvalue weighted by Gasteiger charge is 2.35.